The van der Waals surface area contributed by atoms with E-state index in [1.165, 1.54) is 7.11 Å². The summed E-state index contributed by atoms with van der Waals surface area (Å²) in [5.74, 6) is 0.636. The molecule has 0 radical (unpaired) electrons. The van der Waals surface area contributed by atoms with Gasteiger partial charge in [0.2, 0.25) is 0 Å². The van der Waals surface area contributed by atoms with E-state index >= 15 is 0 Å². The van der Waals surface area contributed by atoms with Crippen LogP contribution in [0.3, 0.4) is 0 Å². The zero-order chi connectivity index (χ0) is 19.1. The largest absolute Gasteiger partial charge is 0.496 e. The summed E-state index contributed by atoms with van der Waals surface area (Å²) in [6, 6.07) is 12.3. The normalized spacial score (nSPS) is 10.1. The molecule has 2 aromatic carbocycles. The summed E-state index contributed by atoms with van der Waals surface area (Å²) >= 11 is 0. The summed E-state index contributed by atoms with van der Waals surface area (Å²) < 4.78 is 15.8. The molecule has 0 fully saturated rings. The quantitative estimate of drug-likeness (QED) is 0.777. The van der Waals surface area contributed by atoms with Crippen LogP contribution in [0.1, 0.15) is 15.9 Å². The maximum absolute atomic E-state index is 12.7. The molecule has 0 saturated carbocycles. The highest BCUT2D eigenvalue weighted by molar-refractivity contribution is 5.94. The van der Waals surface area contributed by atoms with Gasteiger partial charge in [-0.05, 0) is 24.3 Å². The van der Waals surface area contributed by atoms with E-state index in [1.54, 1.807) is 37.3 Å². The third-order valence-corrected chi connectivity index (χ3v) is 3.73. The van der Waals surface area contributed by atoms with Gasteiger partial charge in [-0.3, -0.25) is 9.59 Å². The van der Waals surface area contributed by atoms with Gasteiger partial charge >= 0.3 is 0 Å². The first-order valence-electron chi connectivity index (χ1n) is 7.92. The van der Waals surface area contributed by atoms with Crippen LogP contribution >= 0.6 is 0 Å². The molecular formula is C19H22N2O5. The van der Waals surface area contributed by atoms with Gasteiger partial charge in [0, 0.05) is 24.7 Å². The number of ether oxygens (including phenoxy) is 3. The van der Waals surface area contributed by atoms with Gasteiger partial charge in [0.05, 0.1) is 14.2 Å². The smallest absolute Gasteiger partial charge is 0.255 e. The van der Waals surface area contributed by atoms with Gasteiger partial charge in [-0.2, -0.15) is 0 Å². The van der Waals surface area contributed by atoms with Gasteiger partial charge in [0.15, 0.2) is 18.1 Å². The number of rotatable bonds is 8. The van der Waals surface area contributed by atoms with Crippen molar-refractivity contribution < 1.29 is 23.8 Å². The Labute approximate surface area is 152 Å². The van der Waals surface area contributed by atoms with Crippen LogP contribution in [0.25, 0.3) is 0 Å². The molecule has 26 heavy (non-hydrogen) atoms. The second-order valence-electron chi connectivity index (χ2n) is 5.59. The number of para-hydroxylation sites is 1. The number of nitrogens with zero attached hydrogens (tertiary/aromatic N) is 1. The number of carbonyl (C=O) groups is 2. The minimum atomic E-state index is -0.594. The molecule has 0 heterocycles. The molecule has 7 heteroatoms. The van der Waals surface area contributed by atoms with Gasteiger partial charge in [-0.25, -0.2) is 0 Å². The van der Waals surface area contributed by atoms with Crippen molar-refractivity contribution in [1.82, 2.24) is 4.90 Å². The summed E-state index contributed by atoms with van der Waals surface area (Å²) in [6.45, 7) is 0.127. The van der Waals surface area contributed by atoms with E-state index in [0.29, 0.717) is 23.6 Å². The van der Waals surface area contributed by atoms with Crippen molar-refractivity contribution in [2.45, 2.75) is 6.54 Å². The highest BCUT2D eigenvalue weighted by Gasteiger charge is 2.17. The highest BCUT2D eigenvalue weighted by atomic mass is 16.5. The van der Waals surface area contributed by atoms with Crippen LogP contribution in [0, 0.1) is 0 Å². The van der Waals surface area contributed by atoms with Crippen molar-refractivity contribution in [1.29, 1.82) is 0 Å². The minimum absolute atomic E-state index is 0.185. The molecule has 0 aliphatic heterocycles. The number of nitrogens with two attached hydrogens (primary N) is 1. The predicted molar refractivity (Wildman–Crippen MR) is 96.5 cm³/mol. The van der Waals surface area contributed by atoms with E-state index in [4.69, 9.17) is 19.9 Å². The zero-order valence-corrected chi connectivity index (χ0v) is 15.0. The van der Waals surface area contributed by atoms with E-state index < -0.39 is 5.91 Å². The molecule has 2 rings (SSSR count). The first-order chi connectivity index (χ1) is 12.5. The lowest BCUT2D eigenvalue weighted by molar-refractivity contribution is -0.119. The van der Waals surface area contributed by atoms with Gasteiger partial charge in [0.1, 0.15) is 5.75 Å². The fourth-order valence-electron chi connectivity index (χ4n) is 2.45. The molecule has 0 aliphatic carbocycles. The molecule has 0 atom stereocenters. The summed E-state index contributed by atoms with van der Waals surface area (Å²) in [4.78, 5) is 25.1. The highest BCUT2D eigenvalue weighted by Crippen LogP contribution is 2.29. The third kappa shape index (κ3) is 4.66. The third-order valence-electron chi connectivity index (χ3n) is 3.73. The van der Waals surface area contributed by atoms with Crippen molar-refractivity contribution >= 4 is 11.8 Å². The van der Waals surface area contributed by atoms with Crippen molar-refractivity contribution in [3.63, 3.8) is 0 Å². The average molecular weight is 358 g/mol. The first kappa shape index (κ1) is 19.1. The van der Waals surface area contributed by atoms with Crippen LogP contribution in [-0.4, -0.2) is 44.6 Å². The van der Waals surface area contributed by atoms with Crippen LogP contribution in [0.15, 0.2) is 42.5 Å². The van der Waals surface area contributed by atoms with E-state index in [0.717, 1.165) is 11.3 Å². The average Bonchev–Trinajstić information content (AvgIpc) is 2.65. The van der Waals surface area contributed by atoms with E-state index in [-0.39, 0.29) is 12.5 Å². The lowest BCUT2D eigenvalue weighted by Crippen LogP contribution is -2.26. The maximum Gasteiger partial charge on any atom is 0.255 e. The van der Waals surface area contributed by atoms with Crippen LogP contribution in [0.2, 0.25) is 0 Å². The SMILES string of the molecule is COc1ccccc1CN(C)C(=O)c1ccc(OCC(N)=O)c(OC)c1. The van der Waals surface area contributed by atoms with Crippen LogP contribution < -0.4 is 19.9 Å². The minimum Gasteiger partial charge on any atom is -0.496 e. The Morgan fingerprint density at radius 2 is 1.69 bits per heavy atom. The molecule has 0 aliphatic rings. The molecule has 138 valence electrons. The fourth-order valence-corrected chi connectivity index (χ4v) is 2.45. The summed E-state index contributed by atoms with van der Waals surface area (Å²) in [5, 5.41) is 0. The zero-order valence-electron chi connectivity index (χ0n) is 15.0. The van der Waals surface area contributed by atoms with Crippen molar-refractivity contribution in [3.05, 3.63) is 53.6 Å². The Morgan fingerprint density at radius 3 is 2.35 bits per heavy atom. The Balaban J connectivity index is 2.16. The molecule has 7 nitrogen and oxygen atoms in total. The number of hydrogen-bond donors (Lipinski definition) is 1. The number of amides is 2. The van der Waals surface area contributed by atoms with Crippen molar-refractivity contribution in [2.75, 3.05) is 27.9 Å². The van der Waals surface area contributed by atoms with Gasteiger partial charge < -0.3 is 24.8 Å². The molecule has 0 spiro atoms. The molecule has 0 unspecified atom stereocenters. The Bertz CT molecular complexity index is 791. The van der Waals surface area contributed by atoms with Gasteiger partial charge in [-0.1, -0.05) is 18.2 Å². The van der Waals surface area contributed by atoms with Crippen LogP contribution in [0.5, 0.6) is 17.2 Å². The number of hydrogen-bond acceptors (Lipinski definition) is 5. The predicted octanol–water partition coefficient (Wildman–Crippen LogP) is 1.84. The van der Waals surface area contributed by atoms with Crippen LogP contribution in [0.4, 0.5) is 0 Å². The molecular weight excluding hydrogens is 336 g/mol. The number of carbonyl (C=O) groups excluding carboxylic acids is 2. The van der Waals surface area contributed by atoms with E-state index in [2.05, 4.69) is 0 Å². The Morgan fingerprint density at radius 1 is 1.00 bits per heavy atom. The van der Waals surface area contributed by atoms with E-state index in [9.17, 15) is 9.59 Å². The monoisotopic (exact) mass is 358 g/mol. The number of methoxy groups -OCH3 is 2. The van der Waals surface area contributed by atoms with Gasteiger partial charge in [0.25, 0.3) is 11.8 Å². The van der Waals surface area contributed by atoms with Crippen LogP contribution in [-0.2, 0) is 11.3 Å². The molecule has 0 bridgehead atoms. The van der Waals surface area contributed by atoms with E-state index in [1.807, 2.05) is 24.3 Å². The lowest BCUT2D eigenvalue weighted by atomic mass is 10.1. The number of primary amides is 1. The molecule has 0 saturated heterocycles. The lowest BCUT2D eigenvalue weighted by Gasteiger charge is -2.19. The second-order valence-corrected chi connectivity index (χ2v) is 5.59. The van der Waals surface area contributed by atoms with Crippen molar-refractivity contribution in [3.8, 4) is 17.2 Å². The summed E-state index contributed by atoms with van der Waals surface area (Å²) in [7, 11) is 4.76. The van der Waals surface area contributed by atoms with Crippen molar-refractivity contribution in [2.24, 2.45) is 5.73 Å². The summed E-state index contributed by atoms with van der Waals surface area (Å²) in [6.07, 6.45) is 0. The molecule has 2 N–H and O–H groups in total. The first-order valence-corrected chi connectivity index (χ1v) is 7.92. The fraction of sp³-hybridized carbons (Fsp3) is 0.263. The molecule has 2 aromatic rings. The Hall–Kier alpha value is -3.22. The molecule has 0 aromatic heterocycles. The standard InChI is InChI=1S/C19H22N2O5/c1-21(11-14-6-4-5-7-15(14)24-2)19(23)13-8-9-16(17(10-13)25-3)26-12-18(20)22/h4-10H,11-12H2,1-3H3,(H2,20,22). The number of benzene rings is 2. The van der Waals surface area contributed by atoms with Gasteiger partial charge in [-0.15, -0.1) is 0 Å². The molecule has 2 amide bonds. The maximum atomic E-state index is 12.7. The second kappa shape index (κ2) is 8.75. The summed E-state index contributed by atoms with van der Waals surface area (Å²) in [5.41, 5.74) is 6.41. The Kier molecular flexibility index (Phi) is 6.43. The topological polar surface area (TPSA) is 91.1 Å².